The lowest BCUT2D eigenvalue weighted by molar-refractivity contribution is 0.293. The first-order valence-electron chi connectivity index (χ1n) is 7.53. The lowest BCUT2D eigenvalue weighted by Gasteiger charge is -2.09. The first-order valence-corrected chi connectivity index (χ1v) is 8.78. The Morgan fingerprint density at radius 1 is 1.08 bits per heavy atom. The van der Waals surface area contributed by atoms with Crippen molar-refractivity contribution in [2.75, 3.05) is 0 Å². The van der Waals surface area contributed by atoms with Crippen LogP contribution in [0, 0.1) is 4.77 Å². The molecule has 25 heavy (non-hydrogen) atoms. The molecule has 2 heterocycles. The molecule has 4 aromatic rings. The maximum absolute atomic E-state index is 5.86. The Labute approximate surface area is 152 Å². The molecule has 6 nitrogen and oxygen atoms in total. The number of rotatable bonds is 5. The quantitative estimate of drug-likeness (QED) is 0.540. The fourth-order valence-corrected chi connectivity index (χ4v) is 3.15. The van der Waals surface area contributed by atoms with E-state index in [1.807, 2.05) is 64.5 Å². The van der Waals surface area contributed by atoms with Gasteiger partial charge in [0.05, 0.1) is 0 Å². The highest BCUT2D eigenvalue weighted by Gasteiger charge is 2.09. The molecule has 0 saturated heterocycles. The topological polar surface area (TPSA) is 68.6 Å². The molecule has 0 atom stereocenters. The molecule has 0 bridgehead atoms. The Hall–Kier alpha value is -2.84. The molecule has 0 spiro atoms. The lowest BCUT2D eigenvalue weighted by Crippen LogP contribution is -2.05. The van der Waals surface area contributed by atoms with Gasteiger partial charge in [-0.15, -0.1) is 5.10 Å². The standard InChI is InChI=1S/C17H13N5OS2/c24-17-20-19-16(22(17)13-4-2-1-3-5-13)10-23-14-8-6-12(7-9-14)15-11-25-21-18-15/h1-9,11H,10H2,(H,20,24). The number of hydrogen-bond acceptors (Lipinski definition) is 6. The summed E-state index contributed by atoms with van der Waals surface area (Å²) in [5, 5.41) is 13.1. The van der Waals surface area contributed by atoms with Gasteiger partial charge in [-0.1, -0.05) is 22.7 Å². The van der Waals surface area contributed by atoms with Crippen LogP contribution in [0.1, 0.15) is 5.82 Å². The maximum Gasteiger partial charge on any atom is 0.199 e. The normalized spacial score (nSPS) is 10.7. The third-order valence-corrected chi connectivity index (χ3v) is 4.41. The van der Waals surface area contributed by atoms with E-state index in [9.17, 15) is 0 Å². The summed E-state index contributed by atoms with van der Waals surface area (Å²) in [7, 11) is 0. The predicted molar refractivity (Wildman–Crippen MR) is 98.4 cm³/mol. The minimum atomic E-state index is 0.305. The van der Waals surface area contributed by atoms with Crippen molar-refractivity contribution in [2.45, 2.75) is 6.61 Å². The molecule has 0 unspecified atom stereocenters. The van der Waals surface area contributed by atoms with E-state index in [1.54, 1.807) is 0 Å². The first-order chi connectivity index (χ1) is 12.3. The molecule has 0 aliphatic rings. The second-order valence-electron chi connectivity index (χ2n) is 5.22. The van der Waals surface area contributed by atoms with Crippen LogP contribution in [0.25, 0.3) is 16.9 Å². The van der Waals surface area contributed by atoms with Crippen LogP contribution >= 0.6 is 23.8 Å². The third-order valence-electron chi connectivity index (χ3n) is 3.63. The molecular formula is C17H13N5OS2. The highest BCUT2D eigenvalue weighted by atomic mass is 32.1. The van der Waals surface area contributed by atoms with Crippen LogP contribution in [-0.4, -0.2) is 24.4 Å². The number of nitrogens with zero attached hydrogens (tertiary/aromatic N) is 4. The summed E-state index contributed by atoms with van der Waals surface area (Å²) in [6.45, 7) is 0.305. The smallest absolute Gasteiger partial charge is 0.199 e. The van der Waals surface area contributed by atoms with Gasteiger partial charge in [-0.25, -0.2) is 0 Å². The Kier molecular flexibility index (Phi) is 4.36. The monoisotopic (exact) mass is 367 g/mol. The van der Waals surface area contributed by atoms with Gasteiger partial charge in [-0.2, -0.15) is 5.10 Å². The molecule has 0 amide bonds. The van der Waals surface area contributed by atoms with Crippen LogP contribution in [0.4, 0.5) is 0 Å². The fraction of sp³-hybridized carbons (Fsp3) is 0.0588. The molecule has 2 aromatic heterocycles. The fourth-order valence-electron chi connectivity index (χ4n) is 2.43. The number of hydrogen-bond donors (Lipinski definition) is 1. The first kappa shape index (κ1) is 15.7. The summed E-state index contributed by atoms with van der Waals surface area (Å²) in [6.07, 6.45) is 0. The Balaban J connectivity index is 1.52. The van der Waals surface area contributed by atoms with Gasteiger partial charge in [0.25, 0.3) is 0 Å². The third kappa shape index (κ3) is 3.35. The molecular weight excluding hydrogens is 354 g/mol. The van der Waals surface area contributed by atoms with Crippen LogP contribution in [0.15, 0.2) is 60.0 Å². The van der Waals surface area contributed by atoms with Crippen molar-refractivity contribution in [2.24, 2.45) is 0 Å². The zero-order valence-corrected chi connectivity index (χ0v) is 14.6. The number of aromatic amines is 1. The van der Waals surface area contributed by atoms with Crippen molar-refractivity contribution >= 4 is 23.8 Å². The Bertz CT molecular complexity index is 1010. The van der Waals surface area contributed by atoms with Crippen LogP contribution in [0.3, 0.4) is 0 Å². The van der Waals surface area contributed by atoms with Gasteiger partial charge >= 0.3 is 0 Å². The molecule has 1 N–H and O–H groups in total. The summed E-state index contributed by atoms with van der Waals surface area (Å²) in [6, 6.07) is 17.6. The van der Waals surface area contributed by atoms with Crippen LogP contribution < -0.4 is 4.74 Å². The van der Waals surface area contributed by atoms with Gasteiger partial charge in [0, 0.05) is 16.6 Å². The molecule has 0 aliphatic carbocycles. The van der Waals surface area contributed by atoms with Crippen molar-refractivity contribution in [3.05, 3.63) is 70.6 Å². The van der Waals surface area contributed by atoms with E-state index in [0.29, 0.717) is 17.2 Å². The maximum atomic E-state index is 5.86. The second-order valence-corrected chi connectivity index (χ2v) is 6.22. The average Bonchev–Trinajstić information content (AvgIpc) is 3.31. The molecule has 4 rings (SSSR count). The van der Waals surface area contributed by atoms with Gasteiger partial charge in [0.15, 0.2) is 10.6 Å². The lowest BCUT2D eigenvalue weighted by atomic mass is 10.2. The molecule has 0 radical (unpaired) electrons. The van der Waals surface area contributed by atoms with E-state index < -0.39 is 0 Å². The van der Waals surface area contributed by atoms with Gasteiger partial charge in [-0.05, 0) is 60.1 Å². The van der Waals surface area contributed by atoms with Gasteiger partial charge < -0.3 is 4.74 Å². The van der Waals surface area contributed by atoms with E-state index in [-0.39, 0.29) is 0 Å². The molecule has 0 saturated carbocycles. The Morgan fingerprint density at radius 2 is 1.88 bits per heavy atom. The summed E-state index contributed by atoms with van der Waals surface area (Å²) in [4.78, 5) is 0. The predicted octanol–water partition coefficient (Wildman–Crippen LogP) is 4.03. The number of H-pyrrole nitrogens is 1. The number of aromatic nitrogens is 5. The van der Waals surface area contributed by atoms with Crippen LogP contribution in [0.2, 0.25) is 0 Å². The van der Waals surface area contributed by atoms with Crippen molar-refractivity contribution in [3.8, 4) is 22.7 Å². The summed E-state index contributed by atoms with van der Waals surface area (Å²) < 4.78 is 12.1. The summed E-state index contributed by atoms with van der Waals surface area (Å²) in [5.74, 6) is 1.46. The van der Waals surface area contributed by atoms with E-state index >= 15 is 0 Å². The largest absolute Gasteiger partial charge is 0.486 e. The van der Waals surface area contributed by atoms with Gasteiger partial charge in [-0.3, -0.25) is 9.67 Å². The molecule has 2 aromatic carbocycles. The van der Waals surface area contributed by atoms with Crippen LogP contribution in [-0.2, 0) is 6.61 Å². The highest BCUT2D eigenvalue weighted by molar-refractivity contribution is 7.71. The number of para-hydroxylation sites is 1. The average molecular weight is 367 g/mol. The number of nitrogens with one attached hydrogen (secondary N) is 1. The van der Waals surface area contributed by atoms with Crippen molar-refractivity contribution in [3.63, 3.8) is 0 Å². The van der Waals surface area contributed by atoms with Gasteiger partial charge in [0.1, 0.15) is 18.1 Å². The van der Waals surface area contributed by atoms with E-state index in [0.717, 1.165) is 22.7 Å². The van der Waals surface area contributed by atoms with Crippen molar-refractivity contribution in [1.29, 1.82) is 0 Å². The summed E-state index contributed by atoms with van der Waals surface area (Å²) in [5.41, 5.74) is 2.82. The Morgan fingerprint density at radius 3 is 2.60 bits per heavy atom. The van der Waals surface area contributed by atoms with Crippen molar-refractivity contribution in [1.82, 2.24) is 24.4 Å². The minimum absolute atomic E-state index is 0.305. The minimum Gasteiger partial charge on any atom is -0.486 e. The highest BCUT2D eigenvalue weighted by Crippen LogP contribution is 2.22. The van der Waals surface area contributed by atoms with E-state index in [4.69, 9.17) is 17.0 Å². The van der Waals surface area contributed by atoms with Crippen molar-refractivity contribution < 1.29 is 4.74 Å². The molecule has 0 aliphatic heterocycles. The number of ether oxygens (including phenoxy) is 1. The summed E-state index contributed by atoms with van der Waals surface area (Å²) >= 11 is 6.66. The second kappa shape index (κ2) is 6.96. The molecule has 0 fully saturated rings. The van der Waals surface area contributed by atoms with Gasteiger partial charge in [0.2, 0.25) is 0 Å². The number of benzene rings is 2. The zero-order chi connectivity index (χ0) is 17.1. The van der Waals surface area contributed by atoms with E-state index in [1.165, 1.54) is 11.5 Å². The molecule has 8 heteroatoms. The molecule has 124 valence electrons. The van der Waals surface area contributed by atoms with Crippen LogP contribution in [0.5, 0.6) is 5.75 Å². The van der Waals surface area contributed by atoms with E-state index in [2.05, 4.69) is 19.8 Å². The zero-order valence-electron chi connectivity index (χ0n) is 13.0. The SMILES string of the molecule is S=c1[nH]nc(COc2ccc(-c3csnn3)cc2)n1-c1ccccc1.